The number of aliphatic carboxylic acids is 1. The predicted molar refractivity (Wildman–Crippen MR) is 161 cm³/mol. The molecule has 1 fully saturated rings. The Kier molecular flexibility index (Phi) is 10.2. The van der Waals surface area contributed by atoms with Crippen LogP contribution in [0.4, 0.5) is 9.59 Å². The predicted octanol–water partition coefficient (Wildman–Crippen LogP) is 3.71. The van der Waals surface area contributed by atoms with Crippen molar-refractivity contribution in [1.29, 1.82) is 0 Å². The van der Waals surface area contributed by atoms with Crippen LogP contribution in [0.25, 0.3) is 0 Å². The van der Waals surface area contributed by atoms with Crippen molar-refractivity contribution in [2.45, 2.75) is 98.0 Å². The quantitative estimate of drug-likeness (QED) is 0.429. The summed E-state index contributed by atoms with van der Waals surface area (Å²) >= 11 is 0. The SMILES string of the molecule is CC1(C)CCCCCNCC(=O)c2cccc3c2CN(C3)C(=O)OC2CC(C(=O)O)N(C2)C(=O)C(C(C)(C)C)NC(=O)OC1. The molecule has 3 heterocycles. The van der Waals surface area contributed by atoms with Crippen LogP contribution in [0.2, 0.25) is 0 Å². The molecular weight excluding hydrogens is 568 g/mol. The van der Waals surface area contributed by atoms with Crippen LogP contribution in [0.5, 0.6) is 0 Å². The Morgan fingerprint density at radius 1 is 1.07 bits per heavy atom. The zero-order valence-electron chi connectivity index (χ0n) is 26.4. The van der Waals surface area contributed by atoms with Gasteiger partial charge in [0.25, 0.3) is 0 Å². The van der Waals surface area contributed by atoms with Gasteiger partial charge < -0.3 is 30.1 Å². The van der Waals surface area contributed by atoms with Crippen molar-refractivity contribution in [3.05, 3.63) is 34.9 Å². The molecule has 0 spiro atoms. The Hall–Kier alpha value is -3.67. The summed E-state index contributed by atoms with van der Waals surface area (Å²) < 4.78 is 11.3. The number of ketones is 1. The Morgan fingerprint density at radius 3 is 2.52 bits per heavy atom. The highest BCUT2D eigenvalue weighted by molar-refractivity contribution is 5.99. The third-order valence-electron chi connectivity index (χ3n) is 8.60. The number of Topliss-reactive ketones (excluding diaryl/α,β-unsaturated/α-hetero) is 1. The lowest BCUT2D eigenvalue weighted by atomic mass is 9.85. The van der Waals surface area contributed by atoms with Crippen LogP contribution in [0.15, 0.2) is 18.2 Å². The molecule has 242 valence electrons. The number of cyclic esters (lactones) is 1. The summed E-state index contributed by atoms with van der Waals surface area (Å²) in [7, 11) is 0. The molecule has 3 aliphatic rings. The van der Waals surface area contributed by atoms with Gasteiger partial charge in [0.2, 0.25) is 5.91 Å². The summed E-state index contributed by atoms with van der Waals surface area (Å²) in [4.78, 5) is 67.8. The number of ether oxygens (including phenoxy) is 2. The molecule has 0 aromatic heterocycles. The van der Waals surface area contributed by atoms with Gasteiger partial charge >= 0.3 is 18.2 Å². The van der Waals surface area contributed by atoms with Crippen LogP contribution >= 0.6 is 0 Å². The number of rotatable bonds is 1. The van der Waals surface area contributed by atoms with Gasteiger partial charge in [-0.1, -0.05) is 65.7 Å². The molecule has 4 rings (SSSR count). The van der Waals surface area contributed by atoms with Crippen LogP contribution in [0, 0.1) is 10.8 Å². The summed E-state index contributed by atoms with van der Waals surface area (Å²) in [5.41, 5.74) is 1.15. The fraction of sp³-hybridized carbons (Fsp3) is 0.656. The number of carboxylic acid groups (broad SMARTS) is 1. The van der Waals surface area contributed by atoms with Crippen molar-refractivity contribution in [2.75, 3.05) is 26.2 Å². The molecule has 12 nitrogen and oxygen atoms in total. The average molecular weight is 615 g/mol. The lowest BCUT2D eigenvalue weighted by molar-refractivity contribution is -0.150. The lowest BCUT2D eigenvalue weighted by Crippen LogP contribution is -2.57. The van der Waals surface area contributed by atoms with Gasteiger partial charge in [-0.15, -0.1) is 0 Å². The third-order valence-corrected chi connectivity index (χ3v) is 8.60. The number of carbonyl (C=O) groups is 5. The maximum Gasteiger partial charge on any atom is 0.410 e. The van der Waals surface area contributed by atoms with Crippen molar-refractivity contribution in [1.82, 2.24) is 20.4 Å². The second kappa shape index (κ2) is 13.5. The summed E-state index contributed by atoms with van der Waals surface area (Å²) in [6, 6.07) is 3.15. The van der Waals surface area contributed by atoms with Crippen molar-refractivity contribution < 1.29 is 38.6 Å². The smallest absolute Gasteiger partial charge is 0.410 e. The van der Waals surface area contributed by atoms with E-state index in [0.29, 0.717) is 12.1 Å². The number of benzene rings is 1. The minimum atomic E-state index is -1.23. The molecule has 1 aromatic rings. The molecule has 0 radical (unpaired) electrons. The molecule has 3 unspecified atom stereocenters. The molecule has 3 amide bonds. The number of fused-ring (bicyclic) bond motifs is 3. The minimum Gasteiger partial charge on any atom is -0.480 e. The second-order valence-corrected chi connectivity index (χ2v) is 14.0. The maximum absolute atomic E-state index is 13.8. The van der Waals surface area contributed by atoms with Crippen molar-refractivity contribution in [2.24, 2.45) is 10.8 Å². The molecule has 3 atom stereocenters. The molecule has 12 heteroatoms. The number of hydrogen-bond donors (Lipinski definition) is 3. The molecule has 0 aliphatic carbocycles. The minimum absolute atomic E-state index is 0.0502. The highest BCUT2D eigenvalue weighted by Gasteiger charge is 2.47. The van der Waals surface area contributed by atoms with Crippen LogP contribution in [0.1, 0.15) is 88.2 Å². The van der Waals surface area contributed by atoms with Crippen molar-refractivity contribution in [3.8, 4) is 0 Å². The first kappa shape index (κ1) is 33.2. The lowest BCUT2D eigenvalue weighted by Gasteiger charge is -2.34. The van der Waals surface area contributed by atoms with Gasteiger partial charge in [0.15, 0.2) is 5.78 Å². The van der Waals surface area contributed by atoms with E-state index in [1.54, 1.807) is 32.9 Å². The number of nitrogens with one attached hydrogen (secondary N) is 2. The van der Waals surface area contributed by atoms with E-state index in [1.807, 2.05) is 19.9 Å². The Bertz CT molecular complexity index is 1270. The van der Waals surface area contributed by atoms with Crippen LogP contribution < -0.4 is 10.6 Å². The number of carboxylic acids is 1. The van der Waals surface area contributed by atoms with Gasteiger partial charge in [-0.05, 0) is 41.3 Å². The van der Waals surface area contributed by atoms with Gasteiger partial charge in [0.1, 0.15) is 18.2 Å². The summed E-state index contributed by atoms with van der Waals surface area (Å²) in [6.45, 7) is 10.7. The Labute approximate surface area is 258 Å². The van der Waals surface area contributed by atoms with Gasteiger partial charge in [-0.25, -0.2) is 14.4 Å². The van der Waals surface area contributed by atoms with Crippen LogP contribution in [-0.4, -0.2) is 89.2 Å². The number of alkyl carbamates (subject to hydrolysis) is 1. The fourth-order valence-electron chi connectivity index (χ4n) is 6.02. The molecule has 1 saturated heterocycles. The van der Waals surface area contributed by atoms with Gasteiger partial charge in [-0.3, -0.25) is 14.5 Å². The first-order chi connectivity index (χ1) is 20.7. The molecule has 44 heavy (non-hydrogen) atoms. The highest BCUT2D eigenvalue weighted by Crippen LogP contribution is 2.31. The van der Waals surface area contributed by atoms with E-state index in [0.717, 1.165) is 36.8 Å². The monoisotopic (exact) mass is 614 g/mol. The van der Waals surface area contributed by atoms with Crippen molar-refractivity contribution >= 4 is 29.8 Å². The third kappa shape index (κ3) is 8.08. The zero-order chi connectivity index (χ0) is 32.2. The van der Waals surface area contributed by atoms with Crippen LogP contribution in [-0.2, 0) is 32.2 Å². The normalized spacial score (nSPS) is 26.0. The highest BCUT2D eigenvalue weighted by atomic mass is 16.6. The number of nitrogens with zero attached hydrogens (tertiary/aromatic N) is 2. The summed E-state index contributed by atoms with van der Waals surface area (Å²) in [6.07, 6.45) is 1.23. The van der Waals surface area contributed by atoms with Gasteiger partial charge in [0.05, 0.1) is 26.2 Å². The molecular formula is C32H46N4O8. The van der Waals surface area contributed by atoms with E-state index in [2.05, 4.69) is 10.6 Å². The number of carbonyl (C=O) groups excluding carboxylic acids is 4. The molecule has 3 aliphatic heterocycles. The standard InChI is InChI=1S/C32H46N4O8/c1-31(2,3)26-27(38)36-17-21(14-24(36)28(39)40)44-30(42)35-16-20-10-9-11-22(23(20)18-35)25(37)15-33-13-8-6-7-12-32(4,5)19-43-29(41)34-26/h9-11,21,24,26,33H,6-8,12-19H2,1-5H3,(H,34,41)(H,39,40). The fourth-order valence-corrected chi connectivity index (χ4v) is 6.02. The van der Waals surface area contributed by atoms with E-state index < -0.39 is 47.7 Å². The average Bonchev–Trinajstić information content (AvgIpc) is 3.57. The zero-order valence-corrected chi connectivity index (χ0v) is 26.4. The van der Waals surface area contributed by atoms with E-state index in [-0.39, 0.29) is 50.4 Å². The van der Waals surface area contributed by atoms with E-state index in [4.69, 9.17) is 9.47 Å². The molecule has 0 saturated carbocycles. The van der Waals surface area contributed by atoms with Gasteiger partial charge in [0, 0.05) is 18.5 Å². The summed E-state index contributed by atoms with van der Waals surface area (Å²) in [5, 5.41) is 15.9. The first-order valence-electron chi connectivity index (χ1n) is 15.4. The second-order valence-electron chi connectivity index (χ2n) is 14.0. The number of hydrogen-bond acceptors (Lipinski definition) is 8. The van der Waals surface area contributed by atoms with E-state index in [1.165, 1.54) is 9.80 Å². The largest absolute Gasteiger partial charge is 0.480 e. The first-order valence-corrected chi connectivity index (χ1v) is 15.4. The maximum atomic E-state index is 13.8. The molecule has 4 bridgehead atoms. The van der Waals surface area contributed by atoms with Crippen LogP contribution in [0.3, 0.4) is 0 Å². The number of amides is 3. The Morgan fingerprint density at radius 2 is 1.82 bits per heavy atom. The van der Waals surface area contributed by atoms with Crippen molar-refractivity contribution in [3.63, 3.8) is 0 Å². The van der Waals surface area contributed by atoms with Gasteiger partial charge in [-0.2, -0.15) is 0 Å². The summed E-state index contributed by atoms with van der Waals surface area (Å²) in [5.74, 6) is -1.86. The van der Waals surface area contributed by atoms with E-state index in [9.17, 15) is 29.1 Å². The molecule has 1 aromatic carbocycles. The molecule has 3 N–H and O–H groups in total. The van der Waals surface area contributed by atoms with E-state index >= 15 is 0 Å². The topological polar surface area (TPSA) is 155 Å². The Balaban J connectivity index is 1.56.